The van der Waals surface area contributed by atoms with Crippen molar-refractivity contribution in [3.8, 4) is 10.6 Å². The number of rotatable bonds is 6. The number of nitrogens with zero attached hydrogens (tertiary/aromatic N) is 1. The van der Waals surface area contributed by atoms with Gasteiger partial charge in [0.2, 0.25) is 10.0 Å². The minimum Gasteiger partial charge on any atom is -0.255 e. The lowest BCUT2D eigenvalue weighted by atomic mass is 9.99. The molecule has 4 nitrogen and oxygen atoms in total. The average molecular weight is 421 g/mol. The van der Waals surface area contributed by atoms with Gasteiger partial charge in [-0.2, -0.15) is 4.72 Å². The normalized spacial score (nSPS) is 12.6. The molecule has 0 aliphatic rings. The third-order valence-electron chi connectivity index (χ3n) is 4.64. The maximum Gasteiger partial charge on any atom is 0.241 e. The zero-order valence-electron chi connectivity index (χ0n) is 15.8. The number of sulfonamides is 1. The largest absolute Gasteiger partial charge is 0.255 e. The average Bonchev–Trinajstić information content (AvgIpc) is 3.23. The Kier molecular flexibility index (Phi) is 5.58. The Morgan fingerprint density at radius 3 is 2.31 bits per heavy atom. The van der Waals surface area contributed by atoms with Crippen molar-refractivity contribution in [1.29, 1.82) is 0 Å². The highest BCUT2D eigenvalue weighted by molar-refractivity contribution is 7.89. The van der Waals surface area contributed by atoms with Crippen LogP contribution in [-0.4, -0.2) is 13.4 Å². The molecule has 1 N–H and O–H groups in total. The van der Waals surface area contributed by atoms with Crippen molar-refractivity contribution >= 4 is 21.4 Å². The molecule has 0 bridgehead atoms. The monoisotopic (exact) mass is 420 g/mol. The Balaban J connectivity index is 1.79. The van der Waals surface area contributed by atoms with E-state index in [9.17, 15) is 8.42 Å². The molecule has 0 aliphatic heterocycles. The molecule has 146 valence electrons. The van der Waals surface area contributed by atoms with Crippen LogP contribution in [0.2, 0.25) is 0 Å². The summed E-state index contributed by atoms with van der Waals surface area (Å²) >= 11 is 1.55. The van der Waals surface area contributed by atoms with Gasteiger partial charge < -0.3 is 0 Å². The van der Waals surface area contributed by atoms with Gasteiger partial charge >= 0.3 is 0 Å². The lowest BCUT2D eigenvalue weighted by molar-refractivity contribution is 0.572. The molecule has 29 heavy (non-hydrogen) atoms. The second-order valence-corrected chi connectivity index (χ2v) is 9.33. The van der Waals surface area contributed by atoms with Crippen LogP contribution in [0.25, 0.3) is 10.6 Å². The fourth-order valence-corrected chi connectivity index (χ4v) is 5.27. The summed E-state index contributed by atoms with van der Waals surface area (Å²) in [5.41, 5.74) is 3.60. The first-order valence-corrected chi connectivity index (χ1v) is 11.5. The molecule has 2 heterocycles. The van der Waals surface area contributed by atoms with Crippen molar-refractivity contribution in [1.82, 2.24) is 9.71 Å². The predicted molar refractivity (Wildman–Crippen MR) is 117 cm³/mol. The van der Waals surface area contributed by atoms with E-state index in [1.165, 1.54) is 0 Å². The molecule has 0 fully saturated rings. The van der Waals surface area contributed by atoms with Gasteiger partial charge in [0.25, 0.3) is 0 Å². The van der Waals surface area contributed by atoms with Crippen LogP contribution in [0, 0.1) is 6.92 Å². The van der Waals surface area contributed by atoms with Gasteiger partial charge in [-0.1, -0.05) is 54.1 Å². The summed E-state index contributed by atoms with van der Waals surface area (Å²) < 4.78 is 29.2. The summed E-state index contributed by atoms with van der Waals surface area (Å²) in [4.78, 5) is 5.65. The molecule has 6 heteroatoms. The van der Waals surface area contributed by atoms with E-state index in [4.69, 9.17) is 0 Å². The standard InChI is InChI=1S/C23H20N2O2S2/c1-17-10-12-19(13-11-17)29(26,27)25-22(18-7-3-2-4-8-18)20-14-16-28-23(20)21-9-5-6-15-24-21/h2-16,22,25H,1H3. The van der Waals surface area contributed by atoms with E-state index in [0.29, 0.717) is 0 Å². The van der Waals surface area contributed by atoms with Gasteiger partial charge in [0.05, 0.1) is 21.5 Å². The number of nitrogens with one attached hydrogen (secondary N) is 1. The molecule has 0 amide bonds. The number of thiophene rings is 1. The molecule has 1 atom stereocenters. The molecular formula is C23H20N2O2S2. The molecule has 2 aromatic heterocycles. The van der Waals surface area contributed by atoms with Gasteiger partial charge in [-0.25, -0.2) is 8.42 Å². The minimum atomic E-state index is -3.72. The summed E-state index contributed by atoms with van der Waals surface area (Å²) in [5.74, 6) is 0. The minimum absolute atomic E-state index is 0.249. The van der Waals surface area contributed by atoms with Crippen LogP contribution in [0.1, 0.15) is 22.7 Å². The molecule has 0 saturated heterocycles. The molecule has 0 saturated carbocycles. The number of aromatic nitrogens is 1. The summed E-state index contributed by atoms with van der Waals surface area (Å²) in [5, 5.41) is 1.97. The SMILES string of the molecule is Cc1ccc(S(=O)(=O)NC(c2ccccc2)c2ccsc2-c2ccccn2)cc1. The summed E-state index contributed by atoms with van der Waals surface area (Å²) in [7, 11) is -3.72. The highest BCUT2D eigenvalue weighted by atomic mass is 32.2. The number of benzene rings is 2. The van der Waals surface area contributed by atoms with Crippen LogP contribution in [-0.2, 0) is 10.0 Å². The van der Waals surface area contributed by atoms with Crippen LogP contribution >= 0.6 is 11.3 Å². The zero-order chi connectivity index (χ0) is 20.3. The van der Waals surface area contributed by atoms with Crippen LogP contribution in [0.15, 0.2) is 95.3 Å². The van der Waals surface area contributed by atoms with E-state index >= 15 is 0 Å². The topological polar surface area (TPSA) is 59.1 Å². The molecular weight excluding hydrogens is 400 g/mol. The summed E-state index contributed by atoms with van der Waals surface area (Å²) in [6.45, 7) is 1.93. The number of hydrogen-bond donors (Lipinski definition) is 1. The van der Waals surface area contributed by atoms with Gasteiger partial charge in [0.15, 0.2) is 0 Å². The Bertz CT molecular complexity index is 1190. The van der Waals surface area contributed by atoms with Crippen molar-refractivity contribution in [2.45, 2.75) is 17.9 Å². The fourth-order valence-electron chi connectivity index (χ4n) is 3.15. The molecule has 0 aliphatic carbocycles. The number of aryl methyl sites for hydroxylation is 1. The Hall–Kier alpha value is -2.80. The molecule has 1 unspecified atom stereocenters. The lowest BCUT2D eigenvalue weighted by Gasteiger charge is -2.20. The van der Waals surface area contributed by atoms with Gasteiger partial charge in [0, 0.05) is 6.20 Å². The first-order chi connectivity index (χ1) is 14.0. The lowest BCUT2D eigenvalue weighted by Crippen LogP contribution is -2.29. The predicted octanol–water partition coefficient (Wildman–Crippen LogP) is 5.19. The van der Waals surface area contributed by atoms with Crippen molar-refractivity contribution < 1.29 is 8.42 Å². The van der Waals surface area contributed by atoms with Crippen molar-refractivity contribution in [2.24, 2.45) is 0 Å². The van der Waals surface area contributed by atoms with Crippen molar-refractivity contribution in [3.63, 3.8) is 0 Å². The van der Waals surface area contributed by atoms with E-state index in [1.807, 2.05) is 66.9 Å². The summed E-state index contributed by atoms with van der Waals surface area (Å²) in [6, 6.07) is 23.6. The van der Waals surface area contributed by atoms with Crippen LogP contribution < -0.4 is 4.72 Å². The molecule has 4 aromatic rings. The third kappa shape index (κ3) is 4.29. The number of hydrogen-bond acceptors (Lipinski definition) is 4. The third-order valence-corrected chi connectivity index (χ3v) is 7.03. The molecule has 0 radical (unpaired) electrons. The quantitative estimate of drug-likeness (QED) is 0.467. The van der Waals surface area contributed by atoms with Gasteiger partial charge in [0.1, 0.15) is 0 Å². The molecule has 4 rings (SSSR count). The van der Waals surface area contributed by atoms with Crippen LogP contribution in [0.3, 0.4) is 0 Å². The van der Waals surface area contributed by atoms with Gasteiger partial charge in [-0.05, 0) is 53.8 Å². The Labute approximate surface area is 175 Å². The second-order valence-electron chi connectivity index (χ2n) is 6.70. The van der Waals surface area contributed by atoms with Crippen LogP contribution in [0.5, 0.6) is 0 Å². The van der Waals surface area contributed by atoms with Crippen molar-refractivity contribution in [2.75, 3.05) is 0 Å². The molecule has 2 aromatic carbocycles. The second kappa shape index (κ2) is 8.29. The number of pyridine rings is 1. The maximum absolute atomic E-state index is 13.1. The van der Waals surface area contributed by atoms with Gasteiger partial charge in [-0.15, -0.1) is 11.3 Å². The first kappa shape index (κ1) is 19.5. The van der Waals surface area contributed by atoms with E-state index in [-0.39, 0.29) is 4.90 Å². The van der Waals surface area contributed by atoms with E-state index in [2.05, 4.69) is 9.71 Å². The Morgan fingerprint density at radius 2 is 1.62 bits per heavy atom. The summed E-state index contributed by atoms with van der Waals surface area (Å²) in [6.07, 6.45) is 1.74. The van der Waals surface area contributed by atoms with E-state index in [1.54, 1.807) is 41.8 Å². The maximum atomic E-state index is 13.1. The highest BCUT2D eigenvalue weighted by Gasteiger charge is 2.26. The zero-order valence-corrected chi connectivity index (χ0v) is 17.5. The van der Waals surface area contributed by atoms with E-state index < -0.39 is 16.1 Å². The smallest absolute Gasteiger partial charge is 0.241 e. The fraction of sp³-hybridized carbons (Fsp3) is 0.0870. The highest BCUT2D eigenvalue weighted by Crippen LogP contribution is 2.36. The van der Waals surface area contributed by atoms with Crippen LogP contribution in [0.4, 0.5) is 0 Å². The van der Waals surface area contributed by atoms with Crippen molar-refractivity contribution in [3.05, 3.63) is 107 Å². The molecule has 0 spiro atoms. The first-order valence-electron chi connectivity index (χ1n) is 9.17. The van der Waals surface area contributed by atoms with E-state index in [0.717, 1.165) is 27.3 Å². The van der Waals surface area contributed by atoms with Gasteiger partial charge in [-0.3, -0.25) is 4.98 Å². The Morgan fingerprint density at radius 1 is 0.897 bits per heavy atom.